The zero-order valence-corrected chi connectivity index (χ0v) is 13.8. The van der Waals surface area contributed by atoms with E-state index in [9.17, 15) is 0 Å². The average Bonchev–Trinajstić information content (AvgIpc) is 2.92. The molecule has 2 rings (SSSR count). The number of nitrogens with zero attached hydrogens (tertiary/aromatic N) is 1. The molecule has 0 fully saturated rings. The third-order valence-corrected chi connectivity index (χ3v) is 4.01. The molecule has 0 aliphatic heterocycles. The van der Waals surface area contributed by atoms with Crippen molar-refractivity contribution >= 4 is 22.8 Å². The van der Waals surface area contributed by atoms with E-state index in [0.717, 1.165) is 5.82 Å². The van der Waals surface area contributed by atoms with Crippen LogP contribution in [0.15, 0.2) is 29.6 Å². The van der Waals surface area contributed by atoms with Gasteiger partial charge in [-0.1, -0.05) is 19.9 Å². The molecule has 0 aliphatic carbocycles. The summed E-state index contributed by atoms with van der Waals surface area (Å²) in [5.74, 6) is 1.73. The summed E-state index contributed by atoms with van der Waals surface area (Å²) in [6.07, 6.45) is 0.0493. The van der Waals surface area contributed by atoms with Gasteiger partial charge in [-0.05, 0) is 43.3 Å². The van der Waals surface area contributed by atoms with Crippen LogP contribution in [0, 0.1) is 5.92 Å². The number of hydrogen-bond donors (Lipinski definition) is 2. The van der Waals surface area contributed by atoms with Crippen molar-refractivity contribution in [1.29, 1.82) is 0 Å². The number of nitrogen functional groups attached to an aromatic ring is 1. The lowest BCUT2D eigenvalue weighted by molar-refractivity contribution is 0.234. The van der Waals surface area contributed by atoms with Gasteiger partial charge in [0.1, 0.15) is 5.82 Å². The molecule has 2 heterocycles. The normalized spacial score (nSPS) is 12.7. The van der Waals surface area contributed by atoms with Crippen molar-refractivity contribution in [2.45, 2.75) is 39.8 Å². The van der Waals surface area contributed by atoms with Gasteiger partial charge in [-0.25, -0.2) is 0 Å². The monoisotopic (exact) mass is 305 g/mol. The highest BCUT2D eigenvalue weighted by Gasteiger charge is 2.18. The highest BCUT2D eigenvalue weighted by atomic mass is 32.1. The minimum Gasteiger partial charge on any atom is -0.473 e. The first kappa shape index (κ1) is 15.6. The molecular weight excluding hydrogens is 282 g/mol. The number of ether oxygens (including phenoxy) is 1. The smallest absolute Gasteiger partial charge is 0.239 e. The highest BCUT2D eigenvalue weighted by molar-refractivity contribution is 7.10. The van der Waals surface area contributed by atoms with E-state index in [1.807, 2.05) is 26.0 Å². The van der Waals surface area contributed by atoms with Gasteiger partial charge in [0.2, 0.25) is 5.88 Å². The number of rotatable bonds is 6. The summed E-state index contributed by atoms with van der Waals surface area (Å²) in [6.45, 7) is 8.31. The van der Waals surface area contributed by atoms with E-state index in [0.29, 0.717) is 17.5 Å². The molecule has 0 saturated carbocycles. The van der Waals surface area contributed by atoms with Gasteiger partial charge in [0.05, 0.1) is 17.8 Å². The third-order valence-electron chi connectivity index (χ3n) is 3.06. The lowest BCUT2D eigenvalue weighted by Gasteiger charge is -2.22. The first-order valence-corrected chi connectivity index (χ1v) is 8.08. The van der Waals surface area contributed by atoms with Gasteiger partial charge in [0.25, 0.3) is 0 Å². The molecule has 0 spiro atoms. The lowest BCUT2D eigenvalue weighted by Crippen LogP contribution is -2.17. The Morgan fingerprint density at radius 2 is 1.95 bits per heavy atom. The first-order valence-electron chi connectivity index (χ1n) is 7.20. The predicted molar refractivity (Wildman–Crippen MR) is 89.9 cm³/mol. The molecule has 21 heavy (non-hydrogen) atoms. The van der Waals surface area contributed by atoms with Crippen molar-refractivity contribution in [3.63, 3.8) is 0 Å². The van der Waals surface area contributed by atoms with E-state index in [1.165, 1.54) is 4.88 Å². The Balaban J connectivity index is 2.21. The van der Waals surface area contributed by atoms with Gasteiger partial charge in [-0.15, -0.1) is 11.3 Å². The Kier molecular flexibility index (Phi) is 5.07. The van der Waals surface area contributed by atoms with Gasteiger partial charge in [-0.3, -0.25) is 0 Å². The fourth-order valence-corrected chi connectivity index (χ4v) is 2.99. The second kappa shape index (κ2) is 6.80. The average molecular weight is 305 g/mol. The molecule has 1 unspecified atom stereocenters. The van der Waals surface area contributed by atoms with Gasteiger partial charge >= 0.3 is 0 Å². The molecule has 114 valence electrons. The van der Waals surface area contributed by atoms with Crippen LogP contribution in [0.5, 0.6) is 5.88 Å². The van der Waals surface area contributed by atoms with Crippen molar-refractivity contribution in [3.8, 4) is 5.88 Å². The largest absolute Gasteiger partial charge is 0.473 e. The number of nitrogens with one attached hydrogen (secondary N) is 1. The molecular formula is C16H23N3OS. The number of thiophene rings is 1. The molecule has 1 atom stereocenters. The summed E-state index contributed by atoms with van der Waals surface area (Å²) in [4.78, 5) is 5.79. The quantitative estimate of drug-likeness (QED) is 0.834. The molecule has 4 nitrogen and oxygen atoms in total. The number of anilines is 2. The van der Waals surface area contributed by atoms with E-state index in [-0.39, 0.29) is 12.1 Å². The second-order valence-electron chi connectivity index (χ2n) is 5.64. The predicted octanol–water partition coefficient (Wildman–Crippen LogP) is 4.32. The number of hydrogen-bond acceptors (Lipinski definition) is 5. The Morgan fingerprint density at radius 1 is 1.19 bits per heavy atom. The number of nitrogens with two attached hydrogens (primary N) is 1. The van der Waals surface area contributed by atoms with Crippen LogP contribution in [0.1, 0.15) is 38.6 Å². The van der Waals surface area contributed by atoms with Crippen LogP contribution < -0.4 is 15.8 Å². The molecule has 5 heteroatoms. The minimum absolute atomic E-state index is 0.0493. The van der Waals surface area contributed by atoms with Crippen molar-refractivity contribution in [1.82, 2.24) is 4.98 Å². The first-order chi connectivity index (χ1) is 9.97. The molecule has 0 radical (unpaired) electrons. The zero-order chi connectivity index (χ0) is 15.4. The van der Waals surface area contributed by atoms with E-state index >= 15 is 0 Å². The summed E-state index contributed by atoms with van der Waals surface area (Å²) < 4.78 is 5.64. The van der Waals surface area contributed by atoms with Crippen molar-refractivity contribution in [3.05, 3.63) is 34.5 Å². The van der Waals surface area contributed by atoms with E-state index in [1.54, 1.807) is 11.3 Å². The minimum atomic E-state index is 0.0493. The number of aromatic nitrogens is 1. The Hall–Kier alpha value is -1.75. The standard InChI is InChI=1S/C16H23N3OS/c1-10(2)15(13-6-5-9-21-13)18-14-8-7-12(17)16(19-14)20-11(3)4/h5-11,15H,17H2,1-4H3,(H,18,19). The summed E-state index contributed by atoms with van der Waals surface area (Å²) in [7, 11) is 0. The van der Waals surface area contributed by atoms with Crippen molar-refractivity contribution < 1.29 is 4.74 Å². The van der Waals surface area contributed by atoms with Crippen LogP contribution in [-0.4, -0.2) is 11.1 Å². The zero-order valence-electron chi connectivity index (χ0n) is 13.0. The van der Waals surface area contributed by atoms with Gasteiger partial charge in [0.15, 0.2) is 0 Å². The van der Waals surface area contributed by atoms with Crippen LogP contribution in [0.25, 0.3) is 0 Å². The molecule has 0 aromatic carbocycles. The topological polar surface area (TPSA) is 60.2 Å². The summed E-state index contributed by atoms with van der Waals surface area (Å²) in [5, 5.41) is 5.58. The SMILES string of the molecule is CC(C)Oc1nc(NC(c2cccs2)C(C)C)ccc1N. The van der Waals surface area contributed by atoms with E-state index in [2.05, 4.69) is 41.7 Å². The number of pyridine rings is 1. The maximum absolute atomic E-state index is 5.91. The molecule has 2 aromatic rings. The van der Waals surface area contributed by atoms with Crippen molar-refractivity contribution in [2.75, 3.05) is 11.1 Å². The fourth-order valence-electron chi connectivity index (χ4n) is 2.04. The van der Waals surface area contributed by atoms with Crippen LogP contribution in [-0.2, 0) is 0 Å². The van der Waals surface area contributed by atoms with E-state index < -0.39 is 0 Å². The maximum atomic E-state index is 5.91. The van der Waals surface area contributed by atoms with Gasteiger partial charge in [0, 0.05) is 4.88 Å². The molecule has 3 N–H and O–H groups in total. The Bertz CT molecular complexity index is 567. The van der Waals surface area contributed by atoms with Gasteiger partial charge in [-0.2, -0.15) is 4.98 Å². The summed E-state index contributed by atoms with van der Waals surface area (Å²) in [5.41, 5.74) is 6.47. The fraction of sp³-hybridized carbons (Fsp3) is 0.438. The summed E-state index contributed by atoms with van der Waals surface area (Å²) >= 11 is 1.75. The Labute approximate surface area is 130 Å². The van der Waals surface area contributed by atoms with Crippen molar-refractivity contribution in [2.24, 2.45) is 5.92 Å². The van der Waals surface area contributed by atoms with Crippen LogP contribution in [0.3, 0.4) is 0 Å². The highest BCUT2D eigenvalue weighted by Crippen LogP contribution is 2.30. The van der Waals surface area contributed by atoms with Gasteiger partial charge < -0.3 is 15.8 Å². The van der Waals surface area contributed by atoms with E-state index in [4.69, 9.17) is 10.5 Å². The Morgan fingerprint density at radius 3 is 2.52 bits per heavy atom. The third kappa shape index (κ3) is 4.11. The molecule has 0 amide bonds. The summed E-state index contributed by atoms with van der Waals surface area (Å²) in [6, 6.07) is 8.17. The van der Waals surface area contributed by atoms with Crippen LogP contribution in [0.4, 0.5) is 11.5 Å². The molecule has 0 saturated heterocycles. The molecule has 2 aromatic heterocycles. The maximum Gasteiger partial charge on any atom is 0.239 e. The lowest BCUT2D eigenvalue weighted by atomic mass is 10.0. The second-order valence-corrected chi connectivity index (χ2v) is 6.62. The van der Waals surface area contributed by atoms with Crippen LogP contribution >= 0.6 is 11.3 Å². The van der Waals surface area contributed by atoms with Crippen LogP contribution in [0.2, 0.25) is 0 Å². The molecule has 0 bridgehead atoms. The molecule has 0 aliphatic rings.